The van der Waals surface area contributed by atoms with Gasteiger partial charge in [-0.2, -0.15) is 0 Å². The summed E-state index contributed by atoms with van der Waals surface area (Å²) in [6.07, 6.45) is 2.69. The first-order valence-electron chi connectivity index (χ1n) is 4.26. The summed E-state index contributed by atoms with van der Waals surface area (Å²) in [6, 6.07) is 4.04. The van der Waals surface area contributed by atoms with Crippen molar-refractivity contribution in [3.8, 4) is 5.75 Å². The van der Waals surface area contributed by atoms with Crippen molar-refractivity contribution in [1.82, 2.24) is 5.16 Å². The van der Waals surface area contributed by atoms with Gasteiger partial charge < -0.3 is 9.26 Å². The van der Waals surface area contributed by atoms with Gasteiger partial charge in [-0.05, 0) is 24.1 Å². The molecule has 13 heavy (non-hydrogen) atoms. The van der Waals surface area contributed by atoms with Crippen LogP contribution >= 0.6 is 0 Å². The smallest absolute Gasteiger partial charge is 0.208 e. The van der Waals surface area contributed by atoms with Crippen LogP contribution in [0.25, 0.3) is 11.0 Å². The zero-order valence-corrected chi connectivity index (χ0v) is 7.70. The molecular weight excluding hydrogens is 166 g/mol. The second-order valence-electron chi connectivity index (χ2n) is 2.90. The molecule has 1 aromatic heterocycles. The number of aryl methyl sites for hydroxylation is 1. The van der Waals surface area contributed by atoms with E-state index in [1.54, 1.807) is 13.3 Å². The molecule has 0 unspecified atom stereocenters. The van der Waals surface area contributed by atoms with Crippen LogP contribution in [0.2, 0.25) is 0 Å². The summed E-state index contributed by atoms with van der Waals surface area (Å²) in [6.45, 7) is 2.11. The van der Waals surface area contributed by atoms with E-state index >= 15 is 0 Å². The van der Waals surface area contributed by atoms with Gasteiger partial charge in [-0.25, -0.2) is 0 Å². The fraction of sp³-hybridized carbons (Fsp3) is 0.300. The highest BCUT2D eigenvalue weighted by molar-refractivity contribution is 5.82. The Hall–Kier alpha value is -1.51. The second-order valence-corrected chi connectivity index (χ2v) is 2.90. The SMILES string of the molecule is CCc1cc(OC)c2oncc2c1. The zero-order valence-electron chi connectivity index (χ0n) is 7.70. The lowest BCUT2D eigenvalue weighted by atomic mass is 10.1. The van der Waals surface area contributed by atoms with E-state index in [1.165, 1.54) is 5.56 Å². The van der Waals surface area contributed by atoms with Crippen molar-refractivity contribution in [1.29, 1.82) is 0 Å². The van der Waals surface area contributed by atoms with Gasteiger partial charge in [0.05, 0.1) is 13.3 Å². The lowest BCUT2D eigenvalue weighted by Gasteiger charge is -2.02. The van der Waals surface area contributed by atoms with Crippen LogP contribution in [0.5, 0.6) is 5.75 Å². The lowest BCUT2D eigenvalue weighted by Crippen LogP contribution is -1.86. The maximum atomic E-state index is 5.19. The molecule has 0 aliphatic rings. The summed E-state index contributed by atoms with van der Waals surface area (Å²) in [5.41, 5.74) is 1.95. The highest BCUT2D eigenvalue weighted by atomic mass is 16.5. The van der Waals surface area contributed by atoms with Crippen molar-refractivity contribution < 1.29 is 9.26 Å². The van der Waals surface area contributed by atoms with Gasteiger partial charge >= 0.3 is 0 Å². The van der Waals surface area contributed by atoms with Gasteiger partial charge in [0.15, 0.2) is 5.75 Å². The van der Waals surface area contributed by atoms with Crippen molar-refractivity contribution in [3.63, 3.8) is 0 Å². The lowest BCUT2D eigenvalue weighted by molar-refractivity contribution is 0.392. The number of benzene rings is 1. The quantitative estimate of drug-likeness (QED) is 0.706. The largest absolute Gasteiger partial charge is 0.493 e. The van der Waals surface area contributed by atoms with Crippen LogP contribution in [0.4, 0.5) is 0 Å². The summed E-state index contributed by atoms with van der Waals surface area (Å²) in [4.78, 5) is 0. The number of ether oxygens (including phenoxy) is 1. The third-order valence-corrected chi connectivity index (χ3v) is 2.11. The number of hydrogen-bond donors (Lipinski definition) is 0. The van der Waals surface area contributed by atoms with Crippen LogP contribution in [0.1, 0.15) is 12.5 Å². The molecule has 0 amide bonds. The fourth-order valence-corrected chi connectivity index (χ4v) is 1.37. The van der Waals surface area contributed by atoms with Gasteiger partial charge in [0, 0.05) is 5.39 Å². The first-order valence-corrected chi connectivity index (χ1v) is 4.26. The minimum absolute atomic E-state index is 0.722. The van der Waals surface area contributed by atoms with E-state index in [4.69, 9.17) is 9.26 Å². The Balaban J connectivity index is 2.70. The standard InChI is InChI=1S/C10H11NO2/c1-3-7-4-8-6-11-13-10(8)9(5-7)12-2/h4-6H,3H2,1-2H3. The van der Waals surface area contributed by atoms with Crippen LogP contribution in [-0.2, 0) is 6.42 Å². The predicted octanol–water partition coefficient (Wildman–Crippen LogP) is 2.40. The van der Waals surface area contributed by atoms with E-state index in [-0.39, 0.29) is 0 Å². The summed E-state index contributed by atoms with van der Waals surface area (Å²) < 4.78 is 10.3. The van der Waals surface area contributed by atoms with Crippen LogP contribution in [0, 0.1) is 0 Å². The molecule has 0 N–H and O–H groups in total. The third-order valence-electron chi connectivity index (χ3n) is 2.11. The maximum Gasteiger partial charge on any atom is 0.208 e. The highest BCUT2D eigenvalue weighted by Gasteiger charge is 2.07. The van der Waals surface area contributed by atoms with Crippen molar-refractivity contribution in [2.45, 2.75) is 13.3 Å². The molecule has 0 radical (unpaired) electrons. The predicted molar refractivity (Wildman–Crippen MR) is 49.9 cm³/mol. The molecule has 0 fully saturated rings. The van der Waals surface area contributed by atoms with E-state index in [2.05, 4.69) is 18.1 Å². The molecule has 2 rings (SSSR count). The second kappa shape index (κ2) is 3.09. The molecule has 0 saturated carbocycles. The van der Waals surface area contributed by atoms with E-state index in [9.17, 15) is 0 Å². The van der Waals surface area contributed by atoms with E-state index in [0.717, 1.165) is 23.1 Å². The van der Waals surface area contributed by atoms with Gasteiger partial charge in [0.1, 0.15) is 0 Å². The number of rotatable bonds is 2. The number of methoxy groups -OCH3 is 1. The molecule has 0 saturated heterocycles. The molecular formula is C10H11NO2. The van der Waals surface area contributed by atoms with Crippen LogP contribution in [-0.4, -0.2) is 12.3 Å². The molecule has 1 aromatic carbocycles. The number of aromatic nitrogens is 1. The van der Waals surface area contributed by atoms with Crippen LogP contribution < -0.4 is 4.74 Å². The first kappa shape index (κ1) is 8.10. The molecule has 0 bridgehead atoms. The minimum atomic E-state index is 0.722. The first-order chi connectivity index (χ1) is 6.35. The Morgan fingerprint density at radius 2 is 2.31 bits per heavy atom. The Kier molecular flexibility index (Phi) is 1.93. The van der Waals surface area contributed by atoms with Gasteiger partial charge in [-0.1, -0.05) is 12.1 Å². The number of nitrogens with zero attached hydrogens (tertiary/aromatic N) is 1. The fourth-order valence-electron chi connectivity index (χ4n) is 1.37. The third kappa shape index (κ3) is 1.26. The van der Waals surface area contributed by atoms with Crippen LogP contribution in [0.15, 0.2) is 22.9 Å². The molecule has 2 aromatic rings. The van der Waals surface area contributed by atoms with Gasteiger partial charge in [0.25, 0.3) is 0 Å². The Morgan fingerprint density at radius 1 is 1.46 bits per heavy atom. The minimum Gasteiger partial charge on any atom is -0.493 e. The van der Waals surface area contributed by atoms with Crippen LogP contribution in [0.3, 0.4) is 0 Å². The molecule has 0 spiro atoms. The van der Waals surface area contributed by atoms with Crippen molar-refractivity contribution >= 4 is 11.0 Å². The Morgan fingerprint density at radius 3 is 3.00 bits per heavy atom. The van der Waals surface area contributed by atoms with Gasteiger partial charge in [-0.15, -0.1) is 0 Å². The summed E-state index contributed by atoms with van der Waals surface area (Å²) in [5, 5.41) is 4.73. The van der Waals surface area contributed by atoms with E-state index in [1.807, 2.05) is 6.07 Å². The normalized spacial score (nSPS) is 10.6. The average molecular weight is 177 g/mol. The molecule has 0 atom stereocenters. The Bertz CT molecular complexity index is 420. The molecule has 0 aliphatic heterocycles. The zero-order chi connectivity index (χ0) is 9.26. The van der Waals surface area contributed by atoms with Crippen molar-refractivity contribution in [2.75, 3.05) is 7.11 Å². The molecule has 3 nitrogen and oxygen atoms in total. The summed E-state index contributed by atoms with van der Waals surface area (Å²) in [7, 11) is 1.64. The summed E-state index contributed by atoms with van der Waals surface area (Å²) in [5.74, 6) is 0.756. The molecule has 3 heteroatoms. The average Bonchev–Trinajstić information content (AvgIpc) is 2.63. The monoisotopic (exact) mass is 177 g/mol. The van der Waals surface area contributed by atoms with E-state index < -0.39 is 0 Å². The molecule has 68 valence electrons. The molecule has 0 aliphatic carbocycles. The van der Waals surface area contributed by atoms with Crippen molar-refractivity contribution in [3.05, 3.63) is 23.9 Å². The highest BCUT2D eigenvalue weighted by Crippen LogP contribution is 2.27. The summed E-state index contributed by atoms with van der Waals surface area (Å²) >= 11 is 0. The van der Waals surface area contributed by atoms with Crippen molar-refractivity contribution in [2.24, 2.45) is 0 Å². The Labute approximate surface area is 76.3 Å². The topological polar surface area (TPSA) is 35.3 Å². The molecule has 1 heterocycles. The number of hydrogen-bond acceptors (Lipinski definition) is 3. The van der Waals surface area contributed by atoms with E-state index in [0.29, 0.717) is 0 Å². The van der Waals surface area contributed by atoms with Gasteiger partial charge in [0.2, 0.25) is 5.58 Å². The number of fused-ring (bicyclic) bond motifs is 1. The maximum absolute atomic E-state index is 5.19. The van der Waals surface area contributed by atoms with Gasteiger partial charge in [-0.3, -0.25) is 0 Å².